The van der Waals surface area contributed by atoms with Gasteiger partial charge in [0.1, 0.15) is 6.54 Å². The molecule has 0 atom stereocenters. The van der Waals surface area contributed by atoms with Gasteiger partial charge in [-0.15, -0.1) is 0 Å². The lowest BCUT2D eigenvalue weighted by atomic mass is 10.2. The van der Waals surface area contributed by atoms with Crippen molar-refractivity contribution in [2.24, 2.45) is 0 Å². The number of likely N-dealkylation sites (tertiary alicyclic amines) is 1. The number of quaternary nitrogens is 1. The molecule has 1 aliphatic heterocycles. The molecule has 0 amide bonds. The van der Waals surface area contributed by atoms with Crippen LogP contribution in [0.25, 0.3) is 0 Å². The van der Waals surface area contributed by atoms with Gasteiger partial charge in [0, 0.05) is 29.4 Å². The third-order valence-corrected chi connectivity index (χ3v) is 5.31. The second-order valence-electron chi connectivity index (χ2n) is 6.11. The van der Waals surface area contributed by atoms with E-state index in [1.165, 1.54) is 48.2 Å². The first kappa shape index (κ1) is 16.0. The van der Waals surface area contributed by atoms with Gasteiger partial charge in [0.05, 0.1) is 22.9 Å². The summed E-state index contributed by atoms with van der Waals surface area (Å²) >= 11 is 1.45. The van der Waals surface area contributed by atoms with Gasteiger partial charge in [-0.3, -0.25) is 10.1 Å². The van der Waals surface area contributed by atoms with Crippen LogP contribution in [0.5, 0.6) is 0 Å². The van der Waals surface area contributed by atoms with Crippen LogP contribution in [0.2, 0.25) is 0 Å². The maximum Gasteiger partial charge on any atom is 0.283 e. The van der Waals surface area contributed by atoms with E-state index in [1.807, 2.05) is 43.3 Å². The van der Waals surface area contributed by atoms with Gasteiger partial charge >= 0.3 is 0 Å². The molecule has 0 saturated carbocycles. The highest BCUT2D eigenvalue weighted by atomic mass is 32.2. The molecule has 1 aliphatic rings. The van der Waals surface area contributed by atoms with Crippen LogP contribution in [-0.2, 0) is 6.54 Å². The molecule has 2 aromatic carbocycles. The minimum Gasteiger partial charge on any atom is -0.331 e. The summed E-state index contributed by atoms with van der Waals surface area (Å²) in [6, 6.07) is 13.8. The minimum absolute atomic E-state index is 0.215. The summed E-state index contributed by atoms with van der Waals surface area (Å²) in [5.41, 5.74) is 2.46. The monoisotopic (exact) mass is 329 g/mol. The smallest absolute Gasteiger partial charge is 0.283 e. The number of nitrogens with zero attached hydrogens (tertiary/aromatic N) is 1. The van der Waals surface area contributed by atoms with Crippen molar-refractivity contribution in [2.75, 3.05) is 13.1 Å². The molecule has 1 saturated heterocycles. The number of nitro benzene ring substituents is 1. The molecule has 0 spiro atoms. The molecule has 1 heterocycles. The molecule has 4 nitrogen and oxygen atoms in total. The van der Waals surface area contributed by atoms with Gasteiger partial charge < -0.3 is 4.90 Å². The Balaban J connectivity index is 1.81. The van der Waals surface area contributed by atoms with E-state index in [0.29, 0.717) is 4.90 Å². The molecule has 0 bridgehead atoms. The second kappa shape index (κ2) is 7.15. The number of rotatable bonds is 5. The first-order chi connectivity index (χ1) is 11.1. The predicted molar refractivity (Wildman–Crippen MR) is 92.0 cm³/mol. The molecule has 2 aromatic rings. The Bertz CT molecular complexity index is 695. The van der Waals surface area contributed by atoms with Gasteiger partial charge in [0.2, 0.25) is 0 Å². The predicted octanol–water partition coefficient (Wildman–Crippen LogP) is 3.23. The maximum absolute atomic E-state index is 11.4. The van der Waals surface area contributed by atoms with E-state index < -0.39 is 0 Å². The van der Waals surface area contributed by atoms with Crippen molar-refractivity contribution in [3.63, 3.8) is 0 Å². The van der Waals surface area contributed by atoms with E-state index in [4.69, 9.17) is 0 Å². The Kier molecular flexibility index (Phi) is 4.98. The lowest BCUT2D eigenvalue weighted by Gasteiger charge is -2.12. The van der Waals surface area contributed by atoms with Crippen molar-refractivity contribution in [1.82, 2.24) is 0 Å². The highest BCUT2D eigenvalue weighted by molar-refractivity contribution is 7.99. The lowest BCUT2D eigenvalue weighted by molar-refractivity contribution is -0.901. The Hall–Kier alpha value is -1.85. The van der Waals surface area contributed by atoms with E-state index in [0.717, 1.165) is 17.0 Å². The molecular formula is C18H21N2O2S+. The van der Waals surface area contributed by atoms with Gasteiger partial charge in [-0.1, -0.05) is 35.5 Å². The summed E-state index contributed by atoms with van der Waals surface area (Å²) in [6.07, 6.45) is 2.53. The Labute approximate surface area is 140 Å². The average Bonchev–Trinajstić information content (AvgIpc) is 3.04. The van der Waals surface area contributed by atoms with Crippen LogP contribution in [0.4, 0.5) is 5.69 Å². The quantitative estimate of drug-likeness (QED) is 0.677. The molecule has 0 aliphatic carbocycles. The van der Waals surface area contributed by atoms with E-state index in [9.17, 15) is 10.1 Å². The number of nitrogens with one attached hydrogen (secondary N) is 1. The fourth-order valence-corrected chi connectivity index (χ4v) is 3.88. The van der Waals surface area contributed by atoms with E-state index in [2.05, 4.69) is 0 Å². The van der Waals surface area contributed by atoms with Crippen molar-refractivity contribution in [3.05, 3.63) is 63.7 Å². The van der Waals surface area contributed by atoms with E-state index in [1.54, 1.807) is 6.07 Å². The average molecular weight is 329 g/mol. The van der Waals surface area contributed by atoms with Gasteiger partial charge in [0.25, 0.3) is 5.69 Å². The number of hydrogen-bond donors (Lipinski definition) is 1. The SMILES string of the molecule is Cc1ccc(Sc2ccc(C[NH+]3CCCC3)cc2[N+](=O)[O-])cc1. The molecule has 0 aromatic heterocycles. The highest BCUT2D eigenvalue weighted by Gasteiger charge is 2.20. The fourth-order valence-electron chi connectivity index (χ4n) is 2.98. The Morgan fingerprint density at radius 1 is 1.13 bits per heavy atom. The summed E-state index contributed by atoms with van der Waals surface area (Å²) in [4.78, 5) is 14.4. The molecule has 3 rings (SSSR count). The summed E-state index contributed by atoms with van der Waals surface area (Å²) < 4.78 is 0. The van der Waals surface area contributed by atoms with Crippen molar-refractivity contribution < 1.29 is 9.82 Å². The standard InChI is InChI=1S/C18H20N2O2S/c1-14-4-7-16(8-5-14)23-18-9-6-15(12-17(18)20(21)22)13-19-10-2-3-11-19/h4-9,12H,2-3,10-11,13H2,1H3/p+1. The Morgan fingerprint density at radius 2 is 1.83 bits per heavy atom. The number of hydrogen-bond acceptors (Lipinski definition) is 3. The summed E-state index contributed by atoms with van der Waals surface area (Å²) in [6.45, 7) is 5.27. The first-order valence-corrected chi connectivity index (χ1v) is 8.79. The summed E-state index contributed by atoms with van der Waals surface area (Å²) in [5.74, 6) is 0. The number of aryl methyl sites for hydroxylation is 1. The molecule has 1 N–H and O–H groups in total. The largest absolute Gasteiger partial charge is 0.331 e. The maximum atomic E-state index is 11.4. The topological polar surface area (TPSA) is 47.6 Å². The molecule has 0 radical (unpaired) electrons. The van der Waals surface area contributed by atoms with Gasteiger partial charge in [0.15, 0.2) is 0 Å². The number of benzene rings is 2. The molecule has 23 heavy (non-hydrogen) atoms. The fraction of sp³-hybridized carbons (Fsp3) is 0.333. The van der Waals surface area contributed by atoms with Crippen LogP contribution in [0.1, 0.15) is 24.0 Å². The van der Waals surface area contributed by atoms with Crippen LogP contribution in [0.15, 0.2) is 52.3 Å². The minimum atomic E-state index is -0.265. The zero-order valence-corrected chi connectivity index (χ0v) is 14.1. The third-order valence-electron chi connectivity index (χ3n) is 4.23. The van der Waals surface area contributed by atoms with Crippen molar-refractivity contribution in [1.29, 1.82) is 0 Å². The van der Waals surface area contributed by atoms with Crippen LogP contribution < -0.4 is 4.90 Å². The second-order valence-corrected chi connectivity index (χ2v) is 7.22. The lowest BCUT2D eigenvalue weighted by Crippen LogP contribution is -3.08. The molecular weight excluding hydrogens is 308 g/mol. The Morgan fingerprint density at radius 3 is 2.48 bits per heavy atom. The zero-order valence-electron chi connectivity index (χ0n) is 13.2. The third kappa shape index (κ3) is 4.12. The first-order valence-electron chi connectivity index (χ1n) is 7.97. The van der Waals surface area contributed by atoms with E-state index >= 15 is 0 Å². The summed E-state index contributed by atoms with van der Waals surface area (Å²) in [5, 5.41) is 11.4. The number of nitro groups is 1. The van der Waals surface area contributed by atoms with Crippen LogP contribution in [-0.4, -0.2) is 18.0 Å². The van der Waals surface area contributed by atoms with Crippen molar-refractivity contribution >= 4 is 17.4 Å². The molecule has 5 heteroatoms. The van der Waals surface area contributed by atoms with Crippen LogP contribution in [0, 0.1) is 17.0 Å². The highest BCUT2D eigenvalue weighted by Crippen LogP contribution is 2.35. The van der Waals surface area contributed by atoms with Gasteiger partial charge in [-0.25, -0.2) is 0 Å². The molecule has 120 valence electrons. The van der Waals surface area contributed by atoms with Crippen molar-refractivity contribution in [2.45, 2.75) is 36.1 Å². The normalized spacial score (nSPS) is 15.0. The zero-order chi connectivity index (χ0) is 16.2. The van der Waals surface area contributed by atoms with Gasteiger partial charge in [-0.2, -0.15) is 0 Å². The van der Waals surface area contributed by atoms with Gasteiger partial charge in [-0.05, 0) is 25.1 Å². The summed E-state index contributed by atoms with van der Waals surface area (Å²) in [7, 11) is 0. The van der Waals surface area contributed by atoms with Crippen molar-refractivity contribution in [3.8, 4) is 0 Å². The van der Waals surface area contributed by atoms with Crippen LogP contribution >= 0.6 is 11.8 Å². The molecule has 0 unspecified atom stereocenters. The van der Waals surface area contributed by atoms with Crippen LogP contribution in [0.3, 0.4) is 0 Å². The molecule has 1 fully saturated rings. The van der Waals surface area contributed by atoms with E-state index in [-0.39, 0.29) is 10.6 Å².